The van der Waals surface area contributed by atoms with Crippen LogP contribution in [0, 0.1) is 0 Å². The van der Waals surface area contributed by atoms with Crippen molar-refractivity contribution in [3.8, 4) is 0 Å². The number of nitrogens with one attached hydrogen (secondary N) is 2. The predicted molar refractivity (Wildman–Crippen MR) is 62.1 cm³/mol. The van der Waals surface area contributed by atoms with Gasteiger partial charge in [0.25, 0.3) is 5.91 Å². The quantitative estimate of drug-likeness (QED) is 0.519. The third kappa shape index (κ3) is 2.52. The standard InChI is InChI=1S/C11H21N3O2/c1-4-11(3)9(15)14(10(16)13-11)8-6-7-12-5-2/h12H,4-8H2,1-3H3,(H,13,16). The minimum absolute atomic E-state index is 0.100. The van der Waals surface area contributed by atoms with E-state index in [-0.39, 0.29) is 11.9 Å². The van der Waals surface area contributed by atoms with Gasteiger partial charge in [-0.25, -0.2) is 4.79 Å². The second kappa shape index (κ2) is 5.30. The zero-order chi connectivity index (χ0) is 12.2. The Balaban J connectivity index is 2.48. The Morgan fingerprint density at radius 3 is 2.56 bits per heavy atom. The monoisotopic (exact) mass is 227 g/mol. The van der Waals surface area contributed by atoms with E-state index in [0.29, 0.717) is 13.0 Å². The predicted octanol–water partition coefficient (Wildman–Crippen LogP) is 0.706. The second-order valence-corrected chi connectivity index (χ2v) is 4.28. The number of amides is 3. The van der Waals surface area contributed by atoms with Gasteiger partial charge in [0, 0.05) is 6.54 Å². The summed E-state index contributed by atoms with van der Waals surface area (Å²) in [5, 5.41) is 5.90. The van der Waals surface area contributed by atoms with Gasteiger partial charge in [0.1, 0.15) is 5.54 Å². The number of hydrogen-bond acceptors (Lipinski definition) is 3. The first kappa shape index (κ1) is 13.0. The van der Waals surface area contributed by atoms with Gasteiger partial charge in [-0.15, -0.1) is 0 Å². The zero-order valence-corrected chi connectivity index (χ0v) is 10.3. The van der Waals surface area contributed by atoms with E-state index < -0.39 is 5.54 Å². The van der Waals surface area contributed by atoms with E-state index in [1.54, 1.807) is 6.92 Å². The van der Waals surface area contributed by atoms with E-state index in [1.807, 2.05) is 13.8 Å². The Kier molecular flexibility index (Phi) is 4.29. The van der Waals surface area contributed by atoms with Crippen molar-refractivity contribution in [2.24, 2.45) is 0 Å². The Labute approximate surface area is 96.6 Å². The molecule has 1 fully saturated rings. The van der Waals surface area contributed by atoms with Crippen molar-refractivity contribution in [3.05, 3.63) is 0 Å². The summed E-state index contributed by atoms with van der Waals surface area (Å²) in [7, 11) is 0. The largest absolute Gasteiger partial charge is 0.325 e. The molecule has 5 nitrogen and oxygen atoms in total. The Morgan fingerprint density at radius 2 is 2.06 bits per heavy atom. The van der Waals surface area contributed by atoms with E-state index in [2.05, 4.69) is 10.6 Å². The molecule has 0 aromatic rings. The number of carbonyl (C=O) groups is 2. The lowest BCUT2D eigenvalue weighted by molar-refractivity contribution is -0.130. The molecule has 5 heteroatoms. The summed E-state index contributed by atoms with van der Waals surface area (Å²) in [4.78, 5) is 24.9. The highest BCUT2D eigenvalue weighted by molar-refractivity contribution is 6.06. The summed E-state index contributed by atoms with van der Waals surface area (Å²) in [5.41, 5.74) is -0.699. The van der Waals surface area contributed by atoms with Gasteiger partial charge < -0.3 is 10.6 Å². The van der Waals surface area contributed by atoms with Crippen molar-refractivity contribution in [1.82, 2.24) is 15.5 Å². The highest BCUT2D eigenvalue weighted by Crippen LogP contribution is 2.20. The molecule has 16 heavy (non-hydrogen) atoms. The molecule has 2 N–H and O–H groups in total. The first-order chi connectivity index (χ1) is 7.55. The molecule has 1 heterocycles. The van der Waals surface area contributed by atoms with Crippen molar-refractivity contribution in [2.45, 2.75) is 39.2 Å². The Hall–Kier alpha value is -1.10. The lowest BCUT2D eigenvalue weighted by atomic mass is 9.99. The normalized spacial score (nSPS) is 25.1. The molecule has 1 rings (SSSR count). The Bertz CT molecular complexity index is 280. The van der Waals surface area contributed by atoms with E-state index >= 15 is 0 Å². The average Bonchev–Trinajstić information content (AvgIpc) is 2.48. The second-order valence-electron chi connectivity index (χ2n) is 4.28. The minimum Gasteiger partial charge on any atom is -0.323 e. The molecule has 0 aromatic carbocycles. The van der Waals surface area contributed by atoms with Gasteiger partial charge >= 0.3 is 6.03 Å². The van der Waals surface area contributed by atoms with Gasteiger partial charge in [0.15, 0.2) is 0 Å². The molecule has 0 aliphatic carbocycles. The number of carbonyl (C=O) groups excluding carboxylic acids is 2. The van der Waals surface area contributed by atoms with Crippen molar-refractivity contribution in [1.29, 1.82) is 0 Å². The summed E-state index contributed by atoms with van der Waals surface area (Å²) < 4.78 is 0. The SMILES string of the molecule is CCNCCCN1C(=O)NC(C)(CC)C1=O. The highest BCUT2D eigenvalue weighted by atomic mass is 16.2. The number of urea groups is 1. The van der Waals surface area contributed by atoms with Crippen LogP contribution in [0.25, 0.3) is 0 Å². The minimum atomic E-state index is -0.699. The van der Waals surface area contributed by atoms with Crippen molar-refractivity contribution in [3.63, 3.8) is 0 Å². The zero-order valence-electron chi connectivity index (χ0n) is 10.3. The fraction of sp³-hybridized carbons (Fsp3) is 0.818. The van der Waals surface area contributed by atoms with Crippen LogP contribution in [-0.4, -0.2) is 42.0 Å². The van der Waals surface area contributed by atoms with Gasteiger partial charge in [-0.1, -0.05) is 13.8 Å². The van der Waals surface area contributed by atoms with Crippen molar-refractivity contribution >= 4 is 11.9 Å². The number of rotatable bonds is 6. The van der Waals surface area contributed by atoms with Crippen LogP contribution >= 0.6 is 0 Å². The van der Waals surface area contributed by atoms with Crippen molar-refractivity contribution in [2.75, 3.05) is 19.6 Å². The lowest BCUT2D eigenvalue weighted by Gasteiger charge is -2.19. The number of imide groups is 1. The maximum Gasteiger partial charge on any atom is 0.325 e. The molecule has 92 valence electrons. The summed E-state index contributed by atoms with van der Waals surface area (Å²) in [6.07, 6.45) is 1.42. The van der Waals surface area contributed by atoms with Crippen LogP contribution in [0.1, 0.15) is 33.6 Å². The maximum absolute atomic E-state index is 12.0. The van der Waals surface area contributed by atoms with Crippen LogP contribution in [0.3, 0.4) is 0 Å². The first-order valence-corrected chi connectivity index (χ1v) is 5.90. The fourth-order valence-corrected chi connectivity index (χ4v) is 1.73. The van der Waals surface area contributed by atoms with E-state index in [4.69, 9.17) is 0 Å². The molecule has 0 bridgehead atoms. The molecule has 0 saturated carbocycles. The smallest absolute Gasteiger partial charge is 0.323 e. The molecule has 1 aliphatic heterocycles. The van der Waals surface area contributed by atoms with Gasteiger partial charge in [0.2, 0.25) is 0 Å². The topological polar surface area (TPSA) is 61.4 Å². The third-order valence-electron chi connectivity index (χ3n) is 3.04. The van der Waals surface area contributed by atoms with Crippen LogP contribution < -0.4 is 10.6 Å². The van der Waals surface area contributed by atoms with E-state index in [9.17, 15) is 9.59 Å². The lowest BCUT2D eigenvalue weighted by Crippen LogP contribution is -2.43. The molecule has 1 atom stereocenters. The highest BCUT2D eigenvalue weighted by Gasteiger charge is 2.45. The molecule has 0 radical (unpaired) electrons. The van der Waals surface area contributed by atoms with Gasteiger partial charge in [0.05, 0.1) is 0 Å². The molecular formula is C11H21N3O2. The van der Waals surface area contributed by atoms with Crippen LogP contribution in [0.5, 0.6) is 0 Å². The van der Waals surface area contributed by atoms with E-state index in [1.165, 1.54) is 4.90 Å². The first-order valence-electron chi connectivity index (χ1n) is 5.90. The molecule has 1 aliphatic rings. The summed E-state index contributed by atoms with van der Waals surface area (Å²) in [5.74, 6) is -0.100. The number of nitrogens with zero attached hydrogens (tertiary/aromatic N) is 1. The molecule has 0 spiro atoms. The van der Waals surface area contributed by atoms with Crippen molar-refractivity contribution < 1.29 is 9.59 Å². The molecule has 1 unspecified atom stereocenters. The molecule has 3 amide bonds. The molecule has 0 aromatic heterocycles. The summed E-state index contributed by atoms with van der Waals surface area (Å²) in [6.45, 7) is 7.94. The van der Waals surface area contributed by atoms with Crippen LogP contribution in [-0.2, 0) is 4.79 Å². The Morgan fingerprint density at radius 1 is 1.38 bits per heavy atom. The van der Waals surface area contributed by atoms with Crippen LogP contribution in [0.4, 0.5) is 4.79 Å². The summed E-state index contributed by atoms with van der Waals surface area (Å²) in [6, 6.07) is -0.258. The van der Waals surface area contributed by atoms with Gasteiger partial charge in [-0.2, -0.15) is 0 Å². The van der Waals surface area contributed by atoms with Crippen LogP contribution in [0.2, 0.25) is 0 Å². The average molecular weight is 227 g/mol. The third-order valence-corrected chi connectivity index (χ3v) is 3.04. The van der Waals surface area contributed by atoms with Gasteiger partial charge in [-0.05, 0) is 32.9 Å². The molecular weight excluding hydrogens is 206 g/mol. The fourth-order valence-electron chi connectivity index (χ4n) is 1.73. The van der Waals surface area contributed by atoms with E-state index in [0.717, 1.165) is 19.5 Å². The molecule has 1 saturated heterocycles. The maximum atomic E-state index is 12.0. The van der Waals surface area contributed by atoms with Crippen LogP contribution in [0.15, 0.2) is 0 Å². The van der Waals surface area contributed by atoms with Gasteiger partial charge in [-0.3, -0.25) is 9.69 Å². The number of hydrogen-bond donors (Lipinski definition) is 2. The summed E-state index contributed by atoms with van der Waals surface area (Å²) >= 11 is 0.